The first-order chi connectivity index (χ1) is 56.5. The second-order valence-electron chi connectivity index (χ2n) is 33.7. The van der Waals surface area contributed by atoms with Gasteiger partial charge in [0.1, 0.15) is 0 Å². The molecule has 538 valence electrons. The van der Waals surface area contributed by atoms with E-state index in [-0.39, 0.29) is 18.8 Å². The molecule has 19 aromatic carbocycles. The summed E-state index contributed by atoms with van der Waals surface area (Å²) < 4.78 is 0. The molecule has 0 aromatic heterocycles. The van der Waals surface area contributed by atoms with Crippen molar-refractivity contribution in [3.05, 3.63) is 387 Å². The zero-order valence-electron chi connectivity index (χ0n) is 64.7. The molecule has 4 nitrogen and oxygen atoms in total. The SMILES string of the molecule is CC(C)(C)c1cc2c3c(c1)N(c1c(-c4ccccc4)cccc1-c1ccccc1)c1ccccc1B3c1cc3c(cc1N2c1ccc2c4ccccc4c4ccccc4c2c1)N(c1ccc2c4ccccc4c4ccccc4c2c1)c1cc2cc4c1B3c1ccccc1N4c1c(-c3ccccc3)cccc1-c1ccc(cc1)C2(C)C. The van der Waals surface area contributed by atoms with Crippen LogP contribution in [0.25, 0.3) is 109 Å². The Balaban J connectivity index is 0.862. The van der Waals surface area contributed by atoms with Gasteiger partial charge in [-0.2, -0.15) is 0 Å². The zero-order valence-corrected chi connectivity index (χ0v) is 64.7. The van der Waals surface area contributed by atoms with E-state index < -0.39 is 5.41 Å². The second kappa shape index (κ2) is 24.5. The molecule has 6 aliphatic rings. The number of anilines is 12. The van der Waals surface area contributed by atoms with Crippen LogP contribution in [0.2, 0.25) is 0 Å². The van der Waals surface area contributed by atoms with Crippen LogP contribution in [0.1, 0.15) is 51.3 Å². The van der Waals surface area contributed by atoms with E-state index in [0.717, 1.165) is 50.9 Å². The summed E-state index contributed by atoms with van der Waals surface area (Å²) >= 11 is 0. The molecule has 0 saturated heterocycles. The lowest BCUT2D eigenvalue weighted by Gasteiger charge is -2.48. The first-order valence-corrected chi connectivity index (χ1v) is 40.6. The maximum Gasteiger partial charge on any atom is 0.252 e. The summed E-state index contributed by atoms with van der Waals surface area (Å²) in [5.41, 5.74) is 33.8. The molecule has 0 spiro atoms. The van der Waals surface area contributed by atoms with Gasteiger partial charge in [-0.15, -0.1) is 0 Å². The monoisotopic (exact) mass is 1460 g/mol. The maximum absolute atomic E-state index is 2.73. The zero-order chi connectivity index (χ0) is 76.3. The van der Waals surface area contributed by atoms with Gasteiger partial charge in [0.15, 0.2) is 0 Å². The second-order valence-corrected chi connectivity index (χ2v) is 33.7. The Hall–Kier alpha value is -13.9. The van der Waals surface area contributed by atoms with Gasteiger partial charge in [0, 0.05) is 84.5 Å². The Morgan fingerprint density at radius 2 is 0.548 bits per heavy atom. The highest BCUT2D eigenvalue weighted by molar-refractivity contribution is 7.03. The van der Waals surface area contributed by atoms with Crippen molar-refractivity contribution in [1.29, 1.82) is 0 Å². The topological polar surface area (TPSA) is 13.0 Å². The van der Waals surface area contributed by atoms with Gasteiger partial charge in [0.2, 0.25) is 0 Å². The molecule has 0 unspecified atom stereocenters. The third-order valence-corrected chi connectivity index (χ3v) is 26.3. The highest BCUT2D eigenvalue weighted by Crippen LogP contribution is 2.57. The lowest BCUT2D eigenvalue weighted by Crippen LogP contribution is -2.65. The summed E-state index contributed by atoms with van der Waals surface area (Å²) in [7, 11) is 0. The number of benzene rings is 19. The molecule has 6 heteroatoms. The van der Waals surface area contributed by atoms with E-state index in [4.69, 9.17) is 0 Å². The van der Waals surface area contributed by atoms with Crippen molar-refractivity contribution in [3.63, 3.8) is 0 Å². The van der Waals surface area contributed by atoms with Gasteiger partial charge in [-0.25, -0.2) is 0 Å². The molecule has 6 heterocycles. The van der Waals surface area contributed by atoms with Gasteiger partial charge < -0.3 is 19.6 Å². The third kappa shape index (κ3) is 9.51. The van der Waals surface area contributed by atoms with Crippen LogP contribution in [0, 0.1) is 0 Å². The van der Waals surface area contributed by atoms with Gasteiger partial charge in [-0.05, 0) is 209 Å². The first kappa shape index (κ1) is 65.7. The third-order valence-electron chi connectivity index (χ3n) is 26.3. The predicted octanol–water partition coefficient (Wildman–Crippen LogP) is 25.4. The van der Waals surface area contributed by atoms with E-state index in [9.17, 15) is 0 Å². The maximum atomic E-state index is 2.73. The number of para-hydroxylation sites is 4. The van der Waals surface area contributed by atoms with E-state index in [1.165, 1.54) is 176 Å². The van der Waals surface area contributed by atoms with Crippen LogP contribution < -0.4 is 52.4 Å². The smallest absolute Gasteiger partial charge is 0.252 e. The minimum Gasteiger partial charge on any atom is -0.311 e. The molecule has 4 bridgehead atoms. The van der Waals surface area contributed by atoms with Crippen LogP contribution >= 0.6 is 0 Å². The highest BCUT2D eigenvalue weighted by Gasteiger charge is 2.50. The molecule has 0 saturated carbocycles. The Morgan fingerprint density at radius 3 is 0.939 bits per heavy atom. The molecule has 19 aromatic rings. The van der Waals surface area contributed by atoms with Gasteiger partial charge in [-0.1, -0.05) is 338 Å². The summed E-state index contributed by atoms with van der Waals surface area (Å²) in [5.74, 6) is 0. The van der Waals surface area contributed by atoms with Crippen LogP contribution in [-0.4, -0.2) is 13.4 Å². The average molecular weight is 1460 g/mol. The van der Waals surface area contributed by atoms with E-state index in [0.29, 0.717) is 0 Å². The quantitative estimate of drug-likeness (QED) is 0.121. The van der Waals surface area contributed by atoms with E-state index >= 15 is 0 Å². The number of rotatable bonds is 6. The van der Waals surface area contributed by atoms with Crippen LogP contribution in [0.4, 0.5) is 68.2 Å². The standard InChI is InChI=1S/C109H76B2N4/c1-108(2,3)72-59-100-104-102(60-72)114(106-76(67-29-9-6-10-30-67)43-27-44-77(106)68-31-11-7-12-32-68)96-49-25-23-47-92(96)110(104)94-65-95-99(66-98(94)112(100)74-55-57-88-84-39-17-15-35-80(84)82-37-19-21-41-86(82)90(88)63-74)113(75-56-58-89-85-40-18-16-36-81(85)83-38-20-22-42-87(83)91(89)64-75)101-61-73-62-103-105(101)111(95)93-48-24-26-50-97(93)115(103)107-78(69-33-13-8-14-34-69)45-28-46-79(107)70-51-53-71(54-52-70)109(73,4)5/h6-66H,1-5H3. The van der Waals surface area contributed by atoms with Crippen molar-refractivity contribution in [1.82, 2.24) is 0 Å². The molecule has 0 N–H and O–H groups in total. The largest absolute Gasteiger partial charge is 0.311 e. The fourth-order valence-corrected chi connectivity index (χ4v) is 20.9. The fraction of sp³-hybridized carbons (Fsp3) is 0.0642. The number of hydrogen-bond acceptors (Lipinski definition) is 4. The molecule has 0 amide bonds. The van der Waals surface area contributed by atoms with Crippen molar-refractivity contribution in [3.8, 4) is 44.5 Å². The van der Waals surface area contributed by atoms with Crippen LogP contribution in [-0.2, 0) is 10.8 Å². The summed E-state index contributed by atoms with van der Waals surface area (Å²) in [5, 5.41) is 14.9. The molecule has 6 aliphatic heterocycles. The molecule has 0 aliphatic carbocycles. The Kier molecular flexibility index (Phi) is 14.0. The summed E-state index contributed by atoms with van der Waals surface area (Å²) in [6.45, 7) is 11.6. The predicted molar refractivity (Wildman–Crippen MR) is 492 cm³/mol. The molecule has 0 fully saturated rings. The lowest BCUT2D eigenvalue weighted by molar-refractivity contribution is 0.590. The van der Waals surface area contributed by atoms with Gasteiger partial charge in [-0.3, -0.25) is 0 Å². The Labute approximate surface area is 670 Å². The van der Waals surface area contributed by atoms with E-state index in [2.05, 4.69) is 424 Å². The average Bonchev–Trinajstić information content (AvgIpc) is 1.09. The number of hydrogen-bond donors (Lipinski definition) is 0. The molecular formula is C109H76B2N4. The number of nitrogens with zero attached hydrogens (tertiary/aromatic N) is 4. The highest BCUT2D eigenvalue weighted by atomic mass is 15.2. The Morgan fingerprint density at radius 1 is 0.226 bits per heavy atom. The van der Waals surface area contributed by atoms with Gasteiger partial charge in [0.25, 0.3) is 13.4 Å². The van der Waals surface area contributed by atoms with Crippen molar-refractivity contribution in [2.45, 2.75) is 45.4 Å². The lowest BCUT2D eigenvalue weighted by atomic mass is 9.30. The van der Waals surface area contributed by atoms with Gasteiger partial charge in [0.05, 0.1) is 11.4 Å². The number of fused-ring (bicyclic) bond motifs is 22. The van der Waals surface area contributed by atoms with Crippen LogP contribution in [0.5, 0.6) is 0 Å². The molecule has 0 radical (unpaired) electrons. The fourth-order valence-electron chi connectivity index (χ4n) is 20.9. The van der Waals surface area contributed by atoms with Crippen LogP contribution in [0.15, 0.2) is 370 Å². The molecule has 115 heavy (non-hydrogen) atoms. The summed E-state index contributed by atoms with van der Waals surface area (Å²) in [6, 6.07) is 142. The van der Waals surface area contributed by atoms with Crippen molar-refractivity contribution in [2.75, 3.05) is 19.6 Å². The van der Waals surface area contributed by atoms with E-state index in [1.54, 1.807) is 0 Å². The summed E-state index contributed by atoms with van der Waals surface area (Å²) in [4.78, 5) is 10.8. The van der Waals surface area contributed by atoms with Gasteiger partial charge >= 0.3 is 0 Å². The normalized spacial score (nSPS) is 13.9. The minimum absolute atomic E-state index is 0.235. The van der Waals surface area contributed by atoms with Crippen LogP contribution in [0.3, 0.4) is 0 Å². The van der Waals surface area contributed by atoms with Crippen molar-refractivity contribution >= 4 is 179 Å². The van der Waals surface area contributed by atoms with E-state index in [1.807, 2.05) is 0 Å². The Bertz CT molecular complexity index is 7260. The molecular weight excluding hydrogens is 1390 g/mol. The first-order valence-electron chi connectivity index (χ1n) is 40.6. The molecule has 0 atom stereocenters. The van der Waals surface area contributed by atoms with Crippen molar-refractivity contribution in [2.24, 2.45) is 0 Å². The van der Waals surface area contributed by atoms with Crippen molar-refractivity contribution < 1.29 is 0 Å². The summed E-state index contributed by atoms with van der Waals surface area (Å²) in [6.07, 6.45) is 0. The molecule has 25 rings (SSSR count). The minimum atomic E-state index is -0.457.